The Labute approximate surface area is 192 Å². The minimum absolute atomic E-state index is 0.0299. The highest BCUT2D eigenvalue weighted by atomic mass is 16.5. The third kappa shape index (κ3) is 5.67. The van der Waals surface area contributed by atoms with Crippen LogP contribution in [0.15, 0.2) is 48.5 Å². The van der Waals surface area contributed by atoms with E-state index in [1.54, 1.807) is 0 Å². The monoisotopic (exact) mass is 436 g/mol. The van der Waals surface area contributed by atoms with Crippen LogP contribution in [0.5, 0.6) is 5.75 Å². The van der Waals surface area contributed by atoms with Gasteiger partial charge in [0.2, 0.25) is 0 Å². The molecule has 1 N–H and O–H groups in total. The maximum Gasteiger partial charge on any atom is 0.317 e. The summed E-state index contributed by atoms with van der Waals surface area (Å²) in [6.07, 6.45) is 3.83. The second-order valence-corrected chi connectivity index (χ2v) is 9.05. The topological polar surface area (TPSA) is 48.1 Å². The lowest BCUT2D eigenvalue weighted by Crippen LogP contribution is -2.53. The number of anilines is 2. The first-order valence-corrected chi connectivity index (χ1v) is 12.0. The molecule has 2 aliphatic rings. The highest BCUT2D eigenvalue weighted by Gasteiger charge is 2.24. The largest absolute Gasteiger partial charge is 0.487 e. The Bertz CT molecular complexity index is 873. The number of rotatable bonds is 6. The van der Waals surface area contributed by atoms with Gasteiger partial charge in [0.15, 0.2) is 0 Å². The minimum atomic E-state index is 0.0299. The molecule has 2 amide bonds. The fraction of sp³-hybridized carbons (Fsp3) is 0.500. The van der Waals surface area contributed by atoms with Gasteiger partial charge in [-0.2, -0.15) is 0 Å². The van der Waals surface area contributed by atoms with Crippen LogP contribution in [-0.2, 0) is 6.61 Å². The van der Waals surface area contributed by atoms with E-state index in [4.69, 9.17) is 4.74 Å². The van der Waals surface area contributed by atoms with Crippen LogP contribution in [0.25, 0.3) is 0 Å². The van der Waals surface area contributed by atoms with Crippen LogP contribution < -0.4 is 19.9 Å². The molecule has 2 fully saturated rings. The molecule has 0 atom stereocenters. The van der Waals surface area contributed by atoms with Crippen LogP contribution >= 0.6 is 0 Å². The predicted octanol–water partition coefficient (Wildman–Crippen LogP) is 4.50. The van der Waals surface area contributed by atoms with Crippen molar-refractivity contribution >= 4 is 17.4 Å². The lowest BCUT2D eigenvalue weighted by atomic mass is 10.1. The van der Waals surface area contributed by atoms with Crippen LogP contribution in [-0.4, -0.2) is 56.2 Å². The highest BCUT2D eigenvalue weighted by Crippen LogP contribution is 2.35. The van der Waals surface area contributed by atoms with Crippen molar-refractivity contribution in [1.82, 2.24) is 10.2 Å². The van der Waals surface area contributed by atoms with E-state index in [1.807, 2.05) is 36.9 Å². The van der Waals surface area contributed by atoms with Gasteiger partial charge in [-0.3, -0.25) is 0 Å². The van der Waals surface area contributed by atoms with Gasteiger partial charge in [-0.15, -0.1) is 0 Å². The molecule has 2 aromatic rings. The van der Waals surface area contributed by atoms with Crippen molar-refractivity contribution in [3.63, 3.8) is 0 Å². The Morgan fingerprint density at radius 1 is 0.906 bits per heavy atom. The summed E-state index contributed by atoms with van der Waals surface area (Å²) in [4.78, 5) is 19.2. The average Bonchev–Trinajstić information content (AvgIpc) is 2.83. The van der Waals surface area contributed by atoms with Crippen molar-refractivity contribution in [2.75, 3.05) is 49.1 Å². The quantitative estimate of drug-likeness (QED) is 0.725. The van der Waals surface area contributed by atoms with E-state index in [2.05, 4.69) is 45.4 Å². The highest BCUT2D eigenvalue weighted by molar-refractivity contribution is 5.75. The van der Waals surface area contributed by atoms with Gasteiger partial charge in [0.25, 0.3) is 0 Å². The third-order valence-corrected chi connectivity index (χ3v) is 6.22. The first-order chi connectivity index (χ1) is 15.6. The fourth-order valence-corrected chi connectivity index (χ4v) is 4.45. The van der Waals surface area contributed by atoms with E-state index in [9.17, 15) is 4.79 Å². The van der Waals surface area contributed by atoms with Crippen molar-refractivity contribution in [3.8, 4) is 5.75 Å². The molecule has 2 aromatic carbocycles. The normalized spacial score (nSPS) is 16.9. The molecule has 32 heavy (non-hydrogen) atoms. The Balaban J connectivity index is 1.50. The number of carbonyl (C=O) groups excluding carboxylic acids is 1. The maximum absolute atomic E-state index is 12.4. The minimum Gasteiger partial charge on any atom is -0.487 e. The number of urea groups is 1. The molecule has 0 aromatic heterocycles. The summed E-state index contributed by atoms with van der Waals surface area (Å²) in [6.45, 7) is 9.81. The number of hydrogen-bond acceptors (Lipinski definition) is 4. The first-order valence-electron chi connectivity index (χ1n) is 12.0. The van der Waals surface area contributed by atoms with Gasteiger partial charge in [-0.05, 0) is 56.9 Å². The number of carbonyl (C=O) groups is 1. The smallest absolute Gasteiger partial charge is 0.317 e. The van der Waals surface area contributed by atoms with Gasteiger partial charge in [0.1, 0.15) is 12.4 Å². The van der Waals surface area contributed by atoms with Crippen LogP contribution in [0.4, 0.5) is 16.2 Å². The maximum atomic E-state index is 12.4. The van der Waals surface area contributed by atoms with E-state index < -0.39 is 0 Å². The van der Waals surface area contributed by atoms with E-state index in [0.29, 0.717) is 19.7 Å². The zero-order chi connectivity index (χ0) is 22.3. The number of piperazine rings is 1. The predicted molar refractivity (Wildman–Crippen MR) is 131 cm³/mol. The number of ether oxygens (including phenoxy) is 1. The zero-order valence-corrected chi connectivity index (χ0v) is 19.4. The second-order valence-electron chi connectivity index (χ2n) is 9.05. The van der Waals surface area contributed by atoms with Crippen molar-refractivity contribution in [3.05, 3.63) is 54.1 Å². The second kappa shape index (κ2) is 10.6. The van der Waals surface area contributed by atoms with Crippen LogP contribution in [0.2, 0.25) is 0 Å². The molecular weight excluding hydrogens is 400 g/mol. The van der Waals surface area contributed by atoms with Crippen LogP contribution in [0, 0.1) is 0 Å². The molecule has 6 heteroatoms. The Kier molecular flexibility index (Phi) is 7.40. The van der Waals surface area contributed by atoms with E-state index in [0.717, 1.165) is 43.2 Å². The molecule has 2 saturated heterocycles. The number of amides is 2. The molecule has 0 unspecified atom stereocenters. The van der Waals surface area contributed by atoms with E-state index in [-0.39, 0.29) is 12.1 Å². The van der Waals surface area contributed by atoms with Crippen molar-refractivity contribution in [2.24, 2.45) is 0 Å². The van der Waals surface area contributed by atoms with Crippen molar-refractivity contribution in [1.29, 1.82) is 0 Å². The number of nitrogens with zero attached hydrogens (tertiary/aromatic N) is 3. The summed E-state index contributed by atoms with van der Waals surface area (Å²) in [5.41, 5.74) is 3.56. The van der Waals surface area contributed by atoms with Gasteiger partial charge in [-0.1, -0.05) is 30.3 Å². The summed E-state index contributed by atoms with van der Waals surface area (Å²) in [6, 6.07) is 17.1. The average molecular weight is 437 g/mol. The zero-order valence-electron chi connectivity index (χ0n) is 19.4. The van der Waals surface area contributed by atoms with Crippen molar-refractivity contribution < 1.29 is 9.53 Å². The van der Waals surface area contributed by atoms with Gasteiger partial charge in [-0.25, -0.2) is 4.79 Å². The summed E-state index contributed by atoms with van der Waals surface area (Å²) < 4.78 is 6.29. The van der Waals surface area contributed by atoms with Gasteiger partial charge < -0.3 is 24.8 Å². The van der Waals surface area contributed by atoms with Gasteiger partial charge >= 0.3 is 6.03 Å². The Morgan fingerprint density at radius 2 is 1.62 bits per heavy atom. The summed E-state index contributed by atoms with van der Waals surface area (Å²) in [7, 11) is 0. The van der Waals surface area contributed by atoms with Crippen LogP contribution in [0.3, 0.4) is 0 Å². The Hall–Kier alpha value is -2.89. The molecule has 0 saturated carbocycles. The fourth-order valence-electron chi connectivity index (χ4n) is 4.45. The van der Waals surface area contributed by atoms with Gasteiger partial charge in [0.05, 0.1) is 5.69 Å². The Morgan fingerprint density at radius 3 is 2.31 bits per heavy atom. The number of piperidine rings is 1. The lowest BCUT2D eigenvalue weighted by molar-refractivity contribution is 0.191. The molecule has 2 aliphatic heterocycles. The molecule has 0 aliphatic carbocycles. The molecule has 172 valence electrons. The number of nitrogens with one attached hydrogen (secondary N) is 1. The molecule has 2 heterocycles. The lowest BCUT2D eigenvalue weighted by Gasteiger charge is -2.38. The number of benzene rings is 2. The summed E-state index contributed by atoms with van der Waals surface area (Å²) in [5.74, 6) is 0.912. The van der Waals surface area contributed by atoms with E-state index in [1.165, 1.54) is 24.9 Å². The van der Waals surface area contributed by atoms with Crippen molar-refractivity contribution in [2.45, 2.75) is 45.8 Å². The third-order valence-electron chi connectivity index (χ3n) is 6.22. The molecule has 0 radical (unpaired) electrons. The molecule has 0 bridgehead atoms. The van der Waals surface area contributed by atoms with Crippen LogP contribution in [0.1, 0.15) is 38.7 Å². The van der Waals surface area contributed by atoms with E-state index >= 15 is 0 Å². The molecule has 4 rings (SSSR count). The summed E-state index contributed by atoms with van der Waals surface area (Å²) >= 11 is 0. The summed E-state index contributed by atoms with van der Waals surface area (Å²) in [5, 5.41) is 3.01. The molecular formula is C26H36N4O2. The standard InChI is InChI=1S/C26H36N4O2/c1-21(2)27-26(31)30-17-15-29(16-18-30)24-19-23(28-13-7-4-8-14-28)11-12-25(24)32-20-22-9-5-3-6-10-22/h3,5-6,9-12,19,21H,4,7-8,13-18,20H2,1-2H3,(H,27,31). The molecule has 0 spiro atoms. The number of hydrogen-bond donors (Lipinski definition) is 1. The SMILES string of the molecule is CC(C)NC(=O)N1CCN(c2cc(N3CCCCC3)ccc2OCc2ccccc2)CC1. The first kappa shape index (κ1) is 22.3. The molecule has 6 nitrogen and oxygen atoms in total. The van der Waals surface area contributed by atoms with Gasteiger partial charge in [0, 0.05) is 51.0 Å².